The van der Waals surface area contributed by atoms with E-state index in [-0.39, 0.29) is 11.3 Å². The molecule has 0 atom stereocenters. The smallest absolute Gasteiger partial charge is 0.426 e. The zero-order chi connectivity index (χ0) is 15.6. The Bertz CT molecular complexity index is 634. The first-order chi connectivity index (χ1) is 9.06. The van der Waals surface area contributed by atoms with Gasteiger partial charge < -0.3 is 8.92 Å². The third-order valence-electron chi connectivity index (χ3n) is 1.94. The van der Waals surface area contributed by atoms with E-state index in [1.54, 1.807) is 0 Å². The largest absolute Gasteiger partial charge is 0.534 e. The lowest BCUT2D eigenvalue weighted by Crippen LogP contribution is -2.28. The molecule has 0 aliphatic carbocycles. The van der Waals surface area contributed by atoms with E-state index >= 15 is 0 Å². The number of benzene rings is 1. The molecule has 5 nitrogen and oxygen atoms in total. The maximum Gasteiger partial charge on any atom is 0.534 e. The molecular weight excluding hydrogens is 301 g/mol. The lowest BCUT2D eigenvalue weighted by atomic mass is 10.2. The minimum atomic E-state index is -5.75. The number of halogens is 3. The number of carbonyl (C=O) groups is 1. The first-order valence-electron chi connectivity index (χ1n) is 5.02. The molecule has 0 aromatic heterocycles. The predicted octanol–water partition coefficient (Wildman–Crippen LogP) is 2.48. The van der Waals surface area contributed by atoms with Gasteiger partial charge in [-0.2, -0.15) is 21.6 Å². The standard InChI is InChI=1S/C11H9F3O5S/c1-3-8-6-9(4-5-10(8)18-7(2)15)19-20(16,17)11(12,13)14/h3-6H,1H2,2H3. The van der Waals surface area contributed by atoms with Crippen LogP contribution >= 0.6 is 0 Å². The third-order valence-corrected chi connectivity index (χ3v) is 2.92. The second-order valence-corrected chi connectivity index (χ2v) is 5.02. The Kier molecular flexibility index (Phi) is 4.43. The van der Waals surface area contributed by atoms with E-state index in [1.165, 1.54) is 6.08 Å². The molecule has 110 valence electrons. The predicted molar refractivity (Wildman–Crippen MR) is 63.4 cm³/mol. The van der Waals surface area contributed by atoms with E-state index in [0.717, 1.165) is 25.1 Å². The minimum absolute atomic E-state index is 0.0178. The summed E-state index contributed by atoms with van der Waals surface area (Å²) in [6, 6.07) is 2.97. The van der Waals surface area contributed by atoms with Crippen LogP contribution in [0.5, 0.6) is 11.5 Å². The van der Waals surface area contributed by atoms with Crippen molar-refractivity contribution in [3.8, 4) is 11.5 Å². The van der Waals surface area contributed by atoms with Crippen LogP contribution in [0.25, 0.3) is 6.08 Å². The second kappa shape index (κ2) is 5.53. The Morgan fingerprint density at radius 2 is 1.95 bits per heavy atom. The molecule has 1 aromatic carbocycles. The van der Waals surface area contributed by atoms with Crippen LogP contribution < -0.4 is 8.92 Å². The minimum Gasteiger partial charge on any atom is -0.426 e. The molecule has 0 bridgehead atoms. The van der Waals surface area contributed by atoms with Crippen molar-refractivity contribution in [3.05, 3.63) is 30.3 Å². The molecule has 1 aromatic rings. The fraction of sp³-hybridized carbons (Fsp3) is 0.182. The summed E-state index contributed by atoms with van der Waals surface area (Å²) in [6.07, 6.45) is 1.17. The van der Waals surface area contributed by atoms with E-state index in [9.17, 15) is 26.4 Å². The molecule has 0 saturated carbocycles. The summed E-state index contributed by atoms with van der Waals surface area (Å²) in [6.45, 7) is 4.50. The lowest BCUT2D eigenvalue weighted by Gasteiger charge is -2.11. The maximum atomic E-state index is 12.2. The Morgan fingerprint density at radius 3 is 2.40 bits per heavy atom. The van der Waals surface area contributed by atoms with Gasteiger partial charge in [-0.05, 0) is 18.2 Å². The van der Waals surface area contributed by atoms with Crippen molar-refractivity contribution in [1.29, 1.82) is 0 Å². The Morgan fingerprint density at radius 1 is 1.35 bits per heavy atom. The molecule has 9 heteroatoms. The average Bonchev–Trinajstić information content (AvgIpc) is 2.28. The Hall–Kier alpha value is -2.03. The molecule has 0 aliphatic heterocycles. The van der Waals surface area contributed by atoms with Crippen LogP contribution in [0.15, 0.2) is 24.8 Å². The van der Waals surface area contributed by atoms with Crippen LogP contribution in [0.1, 0.15) is 12.5 Å². The quantitative estimate of drug-likeness (QED) is 0.370. The van der Waals surface area contributed by atoms with E-state index in [1.807, 2.05) is 0 Å². The summed E-state index contributed by atoms with van der Waals surface area (Å²) in [7, 11) is -5.75. The van der Waals surface area contributed by atoms with Crippen LogP contribution in [0.2, 0.25) is 0 Å². The highest BCUT2D eigenvalue weighted by molar-refractivity contribution is 7.88. The fourth-order valence-corrected chi connectivity index (χ4v) is 1.61. The number of rotatable bonds is 4. The van der Waals surface area contributed by atoms with Gasteiger partial charge in [0.15, 0.2) is 0 Å². The summed E-state index contributed by atoms with van der Waals surface area (Å²) in [5, 5.41) is 0. The van der Waals surface area contributed by atoms with Crippen molar-refractivity contribution in [3.63, 3.8) is 0 Å². The van der Waals surface area contributed by atoms with Crippen LogP contribution in [-0.4, -0.2) is 19.9 Å². The molecule has 0 radical (unpaired) electrons. The maximum absolute atomic E-state index is 12.2. The fourth-order valence-electron chi connectivity index (χ4n) is 1.16. The molecule has 1 rings (SSSR count). The van der Waals surface area contributed by atoms with Gasteiger partial charge in [0.05, 0.1) is 0 Å². The van der Waals surface area contributed by atoms with E-state index in [0.29, 0.717) is 0 Å². The van der Waals surface area contributed by atoms with Crippen molar-refractivity contribution in [2.45, 2.75) is 12.4 Å². The average molecular weight is 310 g/mol. The van der Waals surface area contributed by atoms with Crippen LogP contribution in [0.4, 0.5) is 13.2 Å². The second-order valence-electron chi connectivity index (χ2n) is 3.48. The number of hydrogen-bond donors (Lipinski definition) is 0. The Labute approximate surface area is 112 Å². The number of carbonyl (C=O) groups excluding carboxylic acids is 1. The monoisotopic (exact) mass is 310 g/mol. The number of esters is 1. The van der Waals surface area contributed by atoms with Gasteiger partial charge in [-0.3, -0.25) is 4.79 Å². The molecule has 0 aliphatic rings. The van der Waals surface area contributed by atoms with Gasteiger partial charge in [-0.15, -0.1) is 0 Å². The Balaban J connectivity index is 3.12. The lowest BCUT2D eigenvalue weighted by molar-refractivity contribution is -0.131. The van der Waals surface area contributed by atoms with Crippen LogP contribution in [0, 0.1) is 0 Å². The highest BCUT2D eigenvalue weighted by Gasteiger charge is 2.48. The van der Waals surface area contributed by atoms with Gasteiger partial charge in [0.25, 0.3) is 0 Å². The van der Waals surface area contributed by atoms with Gasteiger partial charge in [-0.1, -0.05) is 12.7 Å². The SMILES string of the molecule is C=Cc1cc(OS(=O)(=O)C(F)(F)F)ccc1OC(C)=O. The van der Waals surface area contributed by atoms with Crippen molar-refractivity contribution >= 4 is 22.2 Å². The van der Waals surface area contributed by atoms with Crippen molar-refractivity contribution in [2.24, 2.45) is 0 Å². The molecule has 0 heterocycles. The summed E-state index contributed by atoms with van der Waals surface area (Å²) in [5.41, 5.74) is -5.43. The zero-order valence-corrected chi connectivity index (χ0v) is 10.9. The topological polar surface area (TPSA) is 69.7 Å². The number of ether oxygens (including phenoxy) is 1. The van der Waals surface area contributed by atoms with Gasteiger partial charge in [0.1, 0.15) is 11.5 Å². The summed E-state index contributed by atoms with van der Waals surface area (Å²) in [4.78, 5) is 10.8. The third kappa shape index (κ3) is 3.73. The highest BCUT2D eigenvalue weighted by atomic mass is 32.2. The highest BCUT2D eigenvalue weighted by Crippen LogP contribution is 2.30. The number of alkyl halides is 3. The summed E-state index contributed by atoms with van der Waals surface area (Å²) in [5.74, 6) is -1.21. The first-order valence-corrected chi connectivity index (χ1v) is 6.43. The van der Waals surface area contributed by atoms with E-state index in [4.69, 9.17) is 4.74 Å². The van der Waals surface area contributed by atoms with Crippen molar-refractivity contribution in [2.75, 3.05) is 0 Å². The molecular formula is C11H9F3O5S. The van der Waals surface area contributed by atoms with Crippen molar-refractivity contribution < 1.29 is 35.3 Å². The molecule has 0 amide bonds. The molecule has 20 heavy (non-hydrogen) atoms. The van der Waals surface area contributed by atoms with Gasteiger partial charge in [0.2, 0.25) is 0 Å². The zero-order valence-electron chi connectivity index (χ0n) is 10.1. The summed E-state index contributed by atoms with van der Waals surface area (Å²) >= 11 is 0. The van der Waals surface area contributed by atoms with Gasteiger partial charge in [0, 0.05) is 12.5 Å². The molecule has 0 unspecified atom stereocenters. The number of hydrogen-bond acceptors (Lipinski definition) is 5. The van der Waals surface area contributed by atoms with Gasteiger partial charge >= 0.3 is 21.6 Å². The van der Waals surface area contributed by atoms with Crippen molar-refractivity contribution in [1.82, 2.24) is 0 Å². The van der Waals surface area contributed by atoms with Crippen LogP contribution in [-0.2, 0) is 14.9 Å². The van der Waals surface area contributed by atoms with E-state index in [2.05, 4.69) is 10.8 Å². The summed E-state index contributed by atoms with van der Waals surface area (Å²) < 4.78 is 66.8. The van der Waals surface area contributed by atoms with Gasteiger partial charge in [-0.25, -0.2) is 0 Å². The molecule has 0 saturated heterocycles. The van der Waals surface area contributed by atoms with E-state index < -0.39 is 27.3 Å². The molecule has 0 spiro atoms. The van der Waals surface area contributed by atoms with Crippen LogP contribution in [0.3, 0.4) is 0 Å². The first kappa shape index (κ1) is 16.0. The molecule has 0 N–H and O–H groups in total. The normalized spacial score (nSPS) is 11.8. The molecule has 0 fully saturated rings.